The molecule has 0 aliphatic carbocycles. The van der Waals surface area contributed by atoms with Crippen molar-refractivity contribution < 1.29 is 14.3 Å². The summed E-state index contributed by atoms with van der Waals surface area (Å²) < 4.78 is 11.5. The van der Waals surface area contributed by atoms with Crippen molar-refractivity contribution in [1.82, 2.24) is 0 Å². The number of ether oxygens (including phenoxy) is 2. The summed E-state index contributed by atoms with van der Waals surface area (Å²) in [5.74, 6) is 1.65. The second-order valence-corrected chi connectivity index (χ2v) is 7.41. The number of para-hydroxylation sites is 1. The summed E-state index contributed by atoms with van der Waals surface area (Å²) in [5, 5.41) is 3.49. The number of halogens is 1. The standard InChI is InChI=1S/C24H24ClNO3/c1-16(2)21-6-4-5-7-23(21)29-15-18-14-17(8-13-22(18)28-3)24(27)26-20-11-9-19(25)10-12-20/h4-14,16H,15H2,1-3H3,(H,26,27). The summed E-state index contributed by atoms with van der Waals surface area (Å²) in [5.41, 5.74) is 3.15. The third-order valence-corrected chi connectivity index (χ3v) is 4.82. The van der Waals surface area contributed by atoms with Crippen LogP contribution in [-0.2, 0) is 6.61 Å². The molecular weight excluding hydrogens is 386 g/mol. The van der Waals surface area contributed by atoms with Gasteiger partial charge in [-0.15, -0.1) is 0 Å². The van der Waals surface area contributed by atoms with Crippen LogP contribution in [0.5, 0.6) is 11.5 Å². The van der Waals surface area contributed by atoms with E-state index in [1.165, 1.54) is 0 Å². The van der Waals surface area contributed by atoms with Crippen molar-refractivity contribution in [2.75, 3.05) is 12.4 Å². The second-order valence-electron chi connectivity index (χ2n) is 6.97. The van der Waals surface area contributed by atoms with Crippen LogP contribution in [0.25, 0.3) is 0 Å². The van der Waals surface area contributed by atoms with Crippen LogP contribution in [0.15, 0.2) is 66.7 Å². The number of carbonyl (C=O) groups is 1. The van der Waals surface area contributed by atoms with E-state index >= 15 is 0 Å². The molecule has 4 nitrogen and oxygen atoms in total. The minimum absolute atomic E-state index is 0.209. The van der Waals surface area contributed by atoms with Gasteiger partial charge in [0.2, 0.25) is 0 Å². The predicted octanol–water partition coefficient (Wildman–Crippen LogP) is 6.30. The van der Waals surface area contributed by atoms with Gasteiger partial charge in [-0.3, -0.25) is 4.79 Å². The number of rotatable bonds is 7. The van der Waals surface area contributed by atoms with E-state index in [1.54, 1.807) is 49.6 Å². The first-order valence-corrected chi connectivity index (χ1v) is 9.81. The molecule has 1 amide bonds. The normalized spacial score (nSPS) is 10.7. The van der Waals surface area contributed by atoms with E-state index in [4.69, 9.17) is 21.1 Å². The topological polar surface area (TPSA) is 47.6 Å². The number of hydrogen-bond donors (Lipinski definition) is 1. The lowest BCUT2D eigenvalue weighted by Gasteiger charge is -2.16. The van der Waals surface area contributed by atoms with Crippen LogP contribution >= 0.6 is 11.6 Å². The van der Waals surface area contributed by atoms with Gasteiger partial charge in [-0.1, -0.05) is 43.6 Å². The van der Waals surface area contributed by atoms with Crippen LogP contribution in [0.3, 0.4) is 0 Å². The fourth-order valence-corrected chi connectivity index (χ4v) is 3.14. The van der Waals surface area contributed by atoms with E-state index in [9.17, 15) is 4.79 Å². The molecule has 0 aromatic heterocycles. The lowest BCUT2D eigenvalue weighted by Crippen LogP contribution is -2.13. The van der Waals surface area contributed by atoms with Crippen LogP contribution in [-0.4, -0.2) is 13.0 Å². The summed E-state index contributed by atoms with van der Waals surface area (Å²) in [4.78, 5) is 12.6. The lowest BCUT2D eigenvalue weighted by atomic mass is 10.0. The molecule has 0 spiro atoms. The molecule has 0 bridgehead atoms. The van der Waals surface area contributed by atoms with Gasteiger partial charge < -0.3 is 14.8 Å². The quantitative estimate of drug-likeness (QED) is 0.497. The largest absolute Gasteiger partial charge is 0.496 e. The van der Waals surface area contributed by atoms with Crippen molar-refractivity contribution in [3.05, 3.63) is 88.4 Å². The maximum Gasteiger partial charge on any atom is 0.255 e. The first-order valence-electron chi connectivity index (χ1n) is 9.43. The van der Waals surface area contributed by atoms with Crippen LogP contribution in [0.2, 0.25) is 5.02 Å². The highest BCUT2D eigenvalue weighted by Crippen LogP contribution is 2.28. The minimum Gasteiger partial charge on any atom is -0.496 e. The van der Waals surface area contributed by atoms with E-state index in [-0.39, 0.29) is 5.91 Å². The van der Waals surface area contributed by atoms with Gasteiger partial charge in [0.25, 0.3) is 5.91 Å². The highest BCUT2D eigenvalue weighted by atomic mass is 35.5. The van der Waals surface area contributed by atoms with Crippen molar-refractivity contribution in [2.45, 2.75) is 26.4 Å². The van der Waals surface area contributed by atoms with E-state index in [0.717, 1.165) is 16.9 Å². The van der Waals surface area contributed by atoms with Crippen molar-refractivity contribution in [3.63, 3.8) is 0 Å². The Morgan fingerprint density at radius 1 is 1.00 bits per heavy atom. The van der Waals surface area contributed by atoms with Crippen molar-refractivity contribution in [2.24, 2.45) is 0 Å². The molecule has 0 saturated carbocycles. The van der Waals surface area contributed by atoms with Crippen LogP contribution in [0.4, 0.5) is 5.69 Å². The van der Waals surface area contributed by atoms with Crippen molar-refractivity contribution in [1.29, 1.82) is 0 Å². The zero-order valence-electron chi connectivity index (χ0n) is 16.7. The van der Waals surface area contributed by atoms with E-state index in [0.29, 0.717) is 34.5 Å². The van der Waals surface area contributed by atoms with Gasteiger partial charge >= 0.3 is 0 Å². The third-order valence-electron chi connectivity index (χ3n) is 4.57. The molecule has 0 unspecified atom stereocenters. The molecule has 3 aromatic carbocycles. The summed E-state index contributed by atoms with van der Waals surface area (Å²) in [6.45, 7) is 4.56. The van der Waals surface area contributed by atoms with Crippen LogP contribution in [0, 0.1) is 0 Å². The number of methoxy groups -OCH3 is 1. The number of hydrogen-bond acceptors (Lipinski definition) is 3. The van der Waals surface area contributed by atoms with Gasteiger partial charge in [0.05, 0.1) is 7.11 Å². The molecule has 0 atom stereocenters. The zero-order valence-corrected chi connectivity index (χ0v) is 17.5. The Morgan fingerprint density at radius 2 is 1.72 bits per heavy atom. The van der Waals surface area contributed by atoms with E-state index in [1.807, 2.05) is 18.2 Å². The summed E-state index contributed by atoms with van der Waals surface area (Å²) >= 11 is 5.89. The SMILES string of the molecule is COc1ccc(C(=O)Nc2ccc(Cl)cc2)cc1COc1ccccc1C(C)C. The fraction of sp³-hybridized carbons (Fsp3) is 0.208. The number of carbonyl (C=O) groups excluding carboxylic acids is 1. The Morgan fingerprint density at radius 3 is 2.41 bits per heavy atom. The number of benzene rings is 3. The Balaban J connectivity index is 1.78. The average Bonchev–Trinajstić information content (AvgIpc) is 2.73. The Bertz CT molecular complexity index is 984. The third kappa shape index (κ3) is 5.30. The van der Waals surface area contributed by atoms with E-state index < -0.39 is 0 Å². The molecule has 3 aromatic rings. The molecule has 5 heteroatoms. The molecule has 150 valence electrons. The molecule has 0 radical (unpaired) electrons. The second kappa shape index (κ2) is 9.48. The average molecular weight is 410 g/mol. The van der Waals surface area contributed by atoms with Gasteiger partial charge in [-0.25, -0.2) is 0 Å². The van der Waals surface area contributed by atoms with Crippen LogP contribution in [0.1, 0.15) is 41.3 Å². The van der Waals surface area contributed by atoms with Gasteiger partial charge in [-0.2, -0.15) is 0 Å². The first kappa shape index (κ1) is 20.7. The van der Waals surface area contributed by atoms with Crippen LogP contribution < -0.4 is 14.8 Å². The minimum atomic E-state index is -0.209. The molecule has 0 fully saturated rings. The van der Waals surface area contributed by atoms with E-state index in [2.05, 4.69) is 25.2 Å². The van der Waals surface area contributed by atoms with Gasteiger partial charge in [0.15, 0.2) is 0 Å². The molecule has 1 N–H and O–H groups in total. The Kier molecular flexibility index (Phi) is 6.78. The molecule has 0 aliphatic rings. The highest BCUT2D eigenvalue weighted by Gasteiger charge is 2.13. The monoisotopic (exact) mass is 409 g/mol. The molecule has 29 heavy (non-hydrogen) atoms. The van der Waals surface area contributed by atoms with Gasteiger partial charge in [0, 0.05) is 21.8 Å². The highest BCUT2D eigenvalue weighted by molar-refractivity contribution is 6.30. The van der Waals surface area contributed by atoms with Gasteiger partial charge in [-0.05, 0) is 60.0 Å². The molecule has 0 heterocycles. The first-order chi connectivity index (χ1) is 14.0. The summed E-state index contributed by atoms with van der Waals surface area (Å²) in [7, 11) is 1.61. The summed E-state index contributed by atoms with van der Waals surface area (Å²) in [6, 6.07) is 20.3. The predicted molar refractivity (Wildman–Crippen MR) is 117 cm³/mol. The molecule has 3 rings (SSSR count). The zero-order chi connectivity index (χ0) is 20.8. The summed E-state index contributed by atoms with van der Waals surface area (Å²) in [6.07, 6.45) is 0. The number of amides is 1. The molecule has 0 aliphatic heterocycles. The van der Waals surface area contributed by atoms with Crippen molar-refractivity contribution in [3.8, 4) is 11.5 Å². The Labute approximate surface area is 176 Å². The van der Waals surface area contributed by atoms with Gasteiger partial charge in [0.1, 0.15) is 18.1 Å². The lowest BCUT2D eigenvalue weighted by molar-refractivity contribution is 0.102. The number of nitrogens with one attached hydrogen (secondary N) is 1. The Hall–Kier alpha value is -2.98. The van der Waals surface area contributed by atoms with Crippen molar-refractivity contribution >= 4 is 23.2 Å². The number of anilines is 1. The maximum absolute atomic E-state index is 12.6. The fourth-order valence-electron chi connectivity index (χ4n) is 3.01. The maximum atomic E-state index is 12.6. The smallest absolute Gasteiger partial charge is 0.255 e. The molecular formula is C24H24ClNO3. The molecule has 0 saturated heterocycles.